The summed E-state index contributed by atoms with van der Waals surface area (Å²) in [6.45, 7) is 5.60. The second-order valence-corrected chi connectivity index (χ2v) is 7.86. The largest absolute Gasteiger partial charge is 0.326 e. The van der Waals surface area contributed by atoms with Crippen LogP contribution in [-0.4, -0.2) is 34.1 Å². The summed E-state index contributed by atoms with van der Waals surface area (Å²) in [5.74, 6) is 0.911. The number of rotatable bonds is 3. The van der Waals surface area contributed by atoms with Gasteiger partial charge in [0.2, 0.25) is 0 Å². The molecule has 0 spiro atoms. The highest BCUT2D eigenvalue weighted by atomic mass is 16.1. The molecule has 0 atom stereocenters. The van der Waals surface area contributed by atoms with Gasteiger partial charge in [-0.15, -0.1) is 0 Å². The van der Waals surface area contributed by atoms with Crippen molar-refractivity contribution >= 4 is 11.0 Å². The number of piperidine rings is 1. The Kier molecular flexibility index (Phi) is 4.49. The summed E-state index contributed by atoms with van der Waals surface area (Å²) in [6.07, 6.45) is 9.29. The van der Waals surface area contributed by atoms with E-state index in [1.54, 1.807) is 0 Å². The molecule has 4 heteroatoms. The Hall–Kier alpha value is -1.55. The molecule has 2 fully saturated rings. The zero-order chi connectivity index (χ0) is 16.5. The molecule has 4 nitrogen and oxygen atoms in total. The predicted molar refractivity (Wildman–Crippen MR) is 98.6 cm³/mol. The maximum absolute atomic E-state index is 12.4. The topological polar surface area (TPSA) is 41.0 Å². The number of imidazole rings is 1. The first-order valence-electron chi connectivity index (χ1n) is 9.64. The van der Waals surface area contributed by atoms with Gasteiger partial charge in [0, 0.05) is 25.7 Å². The third-order valence-corrected chi connectivity index (χ3v) is 6.04. The van der Waals surface area contributed by atoms with Crippen LogP contribution in [-0.2, 0) is 0 Å². The number of H-pyrrole nitrogens is 1. The minimum Gasteiger partial charge on any atom is -0.306 e. The lowest BCUT2D eigenvalue weighted by Gasteiger charge is -2.35. The van der Waals surface area contributed by atoms with Crippen LogP contribution in [0.2, 0.25) is 0 Å². The molecule has 2 aromatic rings. The third-order valence-electron chi connectivity index (χ3n) is 6.04. The van der Waals surface area contributed by atoms with Crippen molar-refractivity contribution < 1.29 is 0 Å². The summed E-state index contributed by atoms with van der Waals surface area (Å²) in [5.41, 5.74) is 3.29. The molecule has 1 saturated heterocycles. The number of hydrogen-bond donors (Lipinski definition) is 1. The number of likely N-dealkylation sites (tertiary alicyclic amines) is 1. The van der Waals surface area contributed by atoms with Crippen molar-refractivity contribution in [2.45, 2.75) is 57.9 Å². The second kappa shape index (κ2) is 6.75. The summed E-state index contributed by atoms with van der Waals surface area (Å²) in [5, 5.41) is 0. The number of hydrogen-bond acceptors (Lipinski definition) is 2. The standard InChI is InChI=1S/C20H29N3O/c1-15-7-8-19-18(13-15)21-20(24)23(19)17-9-11-22(12-10-17)14-16-5-3-2-4-6-16/h7-8,13,16-17H,2-6,9-12,14H2,1H3,(H,21,24). The van der Waals surface area contributed by atoms with Crippen molar-refractivity contribution in [2.75, 3.05) is 19.6 Å². The Morgan fingerprint density at radius 2 is 1.83 bits per heavy atom. The summed E-state index contributed by atoms with van der Waals surface area (Å²) in [7, 11) is 0. The monoisotopic (exact) mass is 327 g/mol. The van der Waals surface area contributed by atoms with Crippen LogP contribution in [0.1, 0.15) is 56.6 Å². The van der Waals surface area contributed by atoms with Gasteiger partial charge in [0.1, 0.15) is 0 Å². The number of nitrogens with one attached hydrogen (secondary N) is 1. The Morgan fingerprint density at radius 1 is 1.08 bits per heavy atom. The number of aromatic amines is 1. The van der Waals surface area contributed by atoms with Crippen molar-refractivity contribution in [2.24, 2.45) is 5.92 Å². The van der Waals surface area contributed by atoms with Crippen molar-refractivity contribution in [3.8, 4) is 0 Å². The van der Waals surface area contributed by atoms with Gasteiger partial charge in [-0.3, -0.25) is 4.57 Å². The number of fused-ring (bicyclic) bond motifs is 1. The molecule has 1 aromatic carbocycles. The average Bonchev–Trinajstić information content (AvgIpc) is 2.91. The van der Waals surface area contributed by atoms with E-state index in [0.717, 1.165) is 42.9 Å². The summed E-state index contributed by atoms with van der Waals surface area (Å²) < 4.78 is 2.01. The SMILES string of the molecule is Cc1ccc2c(c1)[nH]c(=O)n2C1CCN(CC2CCCCC2)CC1. The second-order valence-electron chi connectivity index (χ2n) is 7.86. The van der Waals surface area contributed by atoms with Gasteiger partial charge in [-0.2, -0.15) is 0 Å². The van der Waals surface area contributed by atoms with Gasteiger partial charge in [-0.05, 0) is 56.2 Å². The summed E-state index contributed by atoms with van der Waals surface area (Å²) in [6, 6.07) is 6.61. The third kappa shape index (κ3) is 3.16. The molecule has 0 radical (unpaired) electrons. The molecule has 0 amide bonds. The molecular weight excluding hydrogens is 298 g/mol. The van der Waals surface area contributed by atoms with E-state index in [1.165, 1.54) is 44.2 Å². The Bertz CT molecular complexity index is 746. The molecule has 1 aliphatic carbocycles. The molecular formula is C20H29N3O. The van der Waals surface area contributed by atoms with Gasteiger partial charge in [0.15, 0.2) is 0 Å². The summed E-state index contributed by atoms with van der Waals surface area (Å²) in [4.78, 5) is 18.1. The van der Waals surface area contributed by atoms with Crippen LogP contribution < -0.4 is 5.69 Å². The first-order valence-corrected chi connectivity index (χ1v) is 9.64. The van der Waals surface area contributed by atoms with Crippen molar-refractivity contribution in [3.63, 3.8) is 0 Å². The highest BCUT2D eigenvalue weighted by Crippen LogP contribution is 2.28. The number of benzene rings is 1. The van der Waals surface area contributed by atoms with Crippen LogP contribution in [0.4, 0.5) is 0 Å². The molecule has 130 valence electrons. The molecule has 4 rings (SSSR count). The van der Waals surface area contributed by atoms with E-state index in [4.69, 9.17) is 0 Å². The van der Waals surface area contributed by atoms with Crippen LogP contribution in [0.3, 0.4) is 0 Å². The van der Waals surface area contributed by atoms with Gasteiger partial charge < -0.3 is 9.88 Å². The molecule has 1 aliphatic heterocycles. The van der Waals surface area contributed by atoms with E-state index in [-0.39, 0.29) is 5.69 Å². The summed E-state index contributed by atoms with van der Waals surface area (Å²) >= 11 is 0. The molecule has 0 bridgehead atoms. The normalized spacial score (nSPS) is 21.5. The zero-order valence-electron chi connectivity index (χ0n) is 14.8. The van der Waals surface area contributed by atoms with E-state index in [9.17, 15) is 4.79 Å². The fourth-order valence-corrected chi connectivity index (χ4v) is 4.70. The van der Waals surface area contributed by atoms with Crippen molar-refractivity contribution in [3.05, 3.63) is 34.2 Å². The van der Waals surface area contributed by atoms with Gasteiger partial charge in [0.25, 0.3) is 0 Å². The highest BCUT2D eigenvalue weighted by molar-refractivity contribution is 5.76. The van der Waals surface area contributed by atoms with Crippen molar-refractivity contribution in [1.29, 1.82) is 0 Å². The maximum Gasteiger partial charge on any atom is 0.326 e. The van der Waals surface area contributed by atoms with Gasteiger partial charge in [-0.1, -0.05) is 25.3 Å². The minimum atomic E-state index is 0.0568. The molecule has 2 aliphatic rings. The Labute approximate surface area is 143 Å². The maximum atomic E-state index is 12.4. The van der Waals surface area contributed by atoms with E-state index in [2.05, 4.69) is 35.0 Å². The lowest BCUT2D eigenvalue weighted by Crippen LogP contribution is -2.39. The Balaban J connectivity index is 1.44. The smallest absolute Gasteiger partial charge is 0.306 e. The number of nitrogens with zero attached hydrogens (tertiary/aromatic N) is 2. The molecule has 1 N–H and O–H groups in total. The fourth-order valence-electron chi connectivity index (χ4n) is 4.70. The van der Waals surface area contributed by atoms with E-state index in [1.807, 2.05) is 4.57 Å². The van der Waals surface area contributed by atoms with Crippen LogP contribution in [0, 0.1) is 12.8 Å². The van der Waals surface area contributed by atoms with Crippen molar-refractivity contribution in [1.82, 2.24) is 14.5 Å². The molecule has 1 aromatic heterocycles. The van der Waals surface area contributed by atoms with Crippen LogP contribution >= 0.6 is 0 Å². The average molecular weight is 327 g/mol. The molecule has 24 heavy (non-hydrogen) atoms. The molecule has 2 heterocycles. The Morgan fingerprint density at radius 3 is 2.58 bits per heavy atom. The lowest BCUT2D eigenvalue weighted by molar-refractivity contribution is 0.148. The lowest BCUT2D eigenvalue weighted by atomic mass is 9.88. The van der Waals surface area contributed by atoms with E-state index in [0.29, 0.717) is 6.04 Å². The molecule has 0 unspecified atom stereocenters. The van der Waals surface area contributed by atoms with Crippen LogP contribution in [0.25, 0.3) is 11.0 Å². The molecule has 1 saturated carbocycles. The minimum absolute atomic E-state index is 0.0568. The van der Waals surface area contributed by atoms with Gasteiger partial charge >= 0.3 is 5.69 Å². The first kappa shape index (κ1) is 15.9. The van der Waals surface area contributed by atoms with E-state index >= 15 is 0 Å². The fraction of sp³-hybridized carbons (Fsp3) is 0.650. The first-order chi connectivity index (χ1) is 11.7. The number of aromatic nitrogens is 2. The highest BCUT2D eigenvalue weighted by Gasteiger charge is 2.25. The van der Waals surface area contributed by atoms with E-state index < -0.39 is 0 Å². The van der Waals surface area contributed by atoms with Crippen LogP contribution in [0.5, 0.6) is 0 Å². The predicted octanol–water partition coefficient (Wildman–Crippen LogP) is 3.86. The van der Waals surface area contributed by atoms with Gasteiger partial charge in [0.05, 0.1) is 11.0 Å². The number of aryl methyl sites for hydroxylation is 1. The zero-order valence-corrected chi connectivity index (χ0v) is 14.8. The van der Waals surface area contributed by atoms with Gasteiger partial charge in [-0.25, -0.2) is 4.79 Å². The quantitative estimate of drug-likeness (QED) is 0.930. The van der Waals surface area contributed by atoms with Crippen LogP contribution in [0.15, 0.2) is 23.0 Å².